The Kier molecular flexibility index (Phi) is 6.51. The highest BCUT2D eigenvalue weighted by Crippen LogP contribution is 2.30. The number of anilines is 2. The number of benzene rings is 1. The molecule has 2 fully saturated rings. The molecule has 11 nitrogen and oxygen atoms in total. The van der Waals surface area contributed by atoms with E-state index in [9.17, 15) is 18.7 Å². The van der Waals surface area contributed by atoms with E-state index in [0.29, 0.717) is 63.8 Å². The van der Waals surface area contributed by atoms with Crippen molar-refractivity contribution in [1.29, 1.82) is 0 Å². The summed E-state index contributed by atoms with van der Waals surface area (Å²) < 4.78 is 36.9. The number of likely N-dealkylation sites (tertiary alicyclic amines) is 1. The summed E-state index contributed by atoms with van der Waals surface area (Å²) in [5.41, 5.74) is -0.562. The number of fused-ring (bicyclic) bond motifs is 1. The third-order valence-corrected chi connectivity index (χ3v) is 6.94. The zero-order chi connectivity index (χ0) is 25.4. The van der Waals surface area contributed by atoms with E-state index in [1.54, 1.807) is 11.9 Å². The van der Waals surface area contributed by atoms with E-state index in [4.69, 9.17) is 4.74 Å². The first-order chi connectivity index (χ1) is 17.2. The largest absolute Gasteiger partial charge is 0.492 e. The average molecular weight is 505 g/mol. The molecule has 0 unspecified atom stereocenters. The van der Waals surface area contributed by atoms with Gasteiger partial charge in [0.25, 0.3) is 5.56 Å². The van der Waals surface area contributed by atoms with Crippen LogP contribution in [-0.2, 0) is 7.05 Å². The van der Waals surface area contributed by atoms with Crippen LogP contribution in [0.5, 0.6) is 5.75 Å². The molecule has 194 valence electrons. The van der Waals surface area contributed by atoms with Crippen LogP contribution in [0.4, 0.5) is 20.4 Å². The molecule has 0 radical (unpaired) electrons. The van der Waals surface area contributed by atoms with Crippen molar-refractivity contribution in [2.45, 2.75) is 25.4 Å². The minimum absolute atomic E-state index is 0.0898. The summed E-state index contributed by atoms with van der Waals surface area (Å²) in [6, 6.07) is 2.43. The Hall–Kier alpha value is -3.32. The Bertz CT molecular complexity index is 1270. The molecule has 0 aliphatic carbocycles. The standard InChI is InChI=1S/C23H30F2N8O3/c1-23(35)3-5-31(6-4-23)11-12-36-15-13-16(24)19(17(25)14-15)32-7-9-33(10-8-32)22-26-20-18(21(34)27-22)28-29-30(20)2/h13-14,35H,3-12H2,1-2H3,(H,26,27,34). The normalized spacial score (nSPS) is 18.7. The monoisotopic (exact) mass is 504 g/mol. The van der Waals surface area contributed by atoms with Crippen LogP contribution >= 0.6 is 0 Å². The van der Waals surface area contributed by atoms with Gasteiger partial charge in [-0.3, -0.25) is 14.7 Å². The molecular formula is C23H30F2N8O3. The first-order valence-electron chi connectivity index (χ1n) is 12.1. The van der Waals surface area contributed by atoms with Gasteiger partial charge in [-0.1, -0.05) is 5.21 Å². The molecule has 2 saturated heterocycles. The van der Waals surface area contributed by atoms with Crippen LogP contribution < -0.4 is 20.1 Å². The molecule has 3 aromatic rings. The molecule has 0 amide bonds. The van der Waals surface area contributed by atoms with Crippen molar-refractivity contribution in [2.24, 2.45) is 7.05 Å². The Morgan fingerprint density at radius 2 is 1.72 bits per heavy atom. The third-order valence-electron chi connectivity index (χ3n) is 6.94. The number of ether oxygens (including phenoxy) is 1. The zero-order valence-corrected chi connectivity index (χ0v) is 20.4. The second-order valence-electron chi connectivity index (χ2n) is 9.67. The van der Waals surface area contributed by atoms with Gasteiger partial charge in [0.2, 0.25) is 5.95 Å². The summed E-state index contributed by atoms with van der Waals surface area (Å²) in [4.78, 5) is 25.1. The number of nitrogens with zero attached hydrogens (tertiary/aromatic N) is 7. The second kappa shape index (κ2) is 9.62. The predicted molar refractivity (Wildman–Crippen MR) is 130 cm³/mol. The van der Waals surface area contributed by atoms with E-state index in [1.807, 2.05) is 11.8 Å². The maximum Gasteiger partial charge on any atom is 0.282 e. The van der Waals surface area contributed by atoms with Gasteiger partial charge in [-0.25, -0.2) is 13.5 Å². The quantitative estimate of drug-likeness (QED) is 0.505. The zero-order valence-electron chi connectivity index (χ0n) is 20.4. The SMILES string of the molecule is Cn1nnc2c(=O)[nH]c(N3CCN(c4c(F)cc(OCCN5CCC(C)(O)CC5)cc4F)CC3)nc21. The fraction of sp³-hybridized carbons (Fsp3) is 0.565. The van der Waals surface area contributed by atoms with E-state index in [0.717, 1.165) is 13.1 Å². The van der Waals surface area contributed by atoms with Crippen LogP contribution in [0.25, 0.3) is 11.2 Å². The molecule has 0 atom stereocenters. The lowest BCUT2D eigenvalue weighted by Gasteiger charge is -2.36. The van der Waals surface area contributed by atoms with Gasteiger partial charge in [-0.05, 0) is 19.8 Å². The summed E-state index contributed by atoms with van der Waals surface area (Å²) in [7, 11) is 1.65. The fourth-order valence-electron chi connectivity index (χ4n) is 4.68. The van der Waals surface area contributed by atoms with Crippen LogP contribution in [0, 0.1) is 11.6 Å². The number of hydrogen-bond acceptors (Lipinski definition) is 9. The van der Waals surface area contributed by atoms with Crippen LogP contribution in [0.1, 0.15) is 19.8 Å². The molecule has 0 saturated carbocycles. The number of aromatic amines is 1. The number of piperidine rings is 1. The molecule has 4 heterocycles. The van der Waals surface area contributed by atoms with Crippen molar-refractivity contribution in [3.8, 4) is 5.75 Å². The van der Waals surface area contributed by atoms with Gasteiger partial charge in [-0.2, -0.15) is 4.98 Å². The van der Waals surface area contributed by atoms with E-state index in [1.165, 1.54) is 16.8 Å². The van der Waals surface area contributed by atoms with Gasteiger partial charge in [0.05, 0.1) is 5.60 Å². The minimum atomic E-state index is -0.679. The highest BCUT2D eigenvalue weighted by atomic mass is 19.1. The number of hydrogen-bond donors (Lipinski definition) is 2. The van der Waals surface area contributed by atoms with Crippen LogP contribution in [0.2, 0.25) is 0 Å². The molecule has 2 aliphatic heterocycles. The van der Waals surface area contributed by atoms with Gasteiger partial charge >= 0.3 is 0 Å². The summed E-state index contributed by atoms with van der Waals surface area (Å²) in [5, 5.41) is 17.7. The fourth-order valence-corrected chi connectivity index (χ4v) is 4.68. The molecule has 1 aromatic carbocycles. The first kappa shape index (κ1) is 24.4. The number of H-pyrrole nitrogens is 1. The smallest absolute Gasteiger partial charge is 0.282 e. The Labute approximate surface area is 206 Å². The molecule has 5 rings (SSSR count). The maximum atomic E-state index is 14.9. The van der Waals surface area contributed by atoms with Crippen molar-refractivity contribution < 1.29 is 18.6 Å². The molecule has 13 heteroatoms. The summed E-state index contributed by atoms with van der Waals surface area (Å²) >= 11 is 0. The van der Waals surface area contributed by atoms with E-state index in [-0.39, 0.29) is 22.5 Å². The lowest BCUT2D eigenvalue weighted by Crippen LogP contribution is -2.48. The van der Waals surface area contributed by atoms with Crippen LogP contribution in [0.15, 0.2) is 16.9 Å². The Morgan fingerprint density at radius 1 is 1.08 bits per heavy atom. The van der Waals surface area contributed by atoms with Crippen molar-refractivity contribution in [3.63, 3.8) is 0 Å². The van der Waals surface area contributed by atoms with Crippen molar-refractivity contribution in [2.75, 3.05) is 62.2 Å². The number of piperazine rings is 1. The molecule has 2 aliphatic rings. The van der Waals surface area contributed by atoms with Crippen molar-refractivity contribution >= 4 is 22.8 Å². The third kappa shape index (κ3) is 4.98. The first-order valence-corrected chi connectivity index (χ1v) is 12.1. The van der Waals surface area contributed by atoms with Crippen molar-refractivity contribution in [3.05, 3.63) is 34.1 Å². The number of aryl methyl sites for hydroxylation is 1. The predicted octanol–water partition coefficient (Wildman–Crippen LogP) is 0.882. The number of rotatable bonds is 6. The van der Waals surface area contributed by atoms with Crippen molar-refractivity contribution in [1.82, 2.24) is 29.9 Å². The van der Waals surface area contributed by atoms with Gasteiger partial charge in [0.15, 0.2) is 22.8 Å². The van der Waals surface area contributed by atoms with Gasteiger partial charge in [0.1, 0.15) is 18.0 Å². The number of nitrogens with one attached hydrogen (secondary N) is 1. The summed E-state index contributed by atoms with van der Waals surface area (Å²) in [6.45, 7) is 5.82. The molecule has 0 bridgehead atoms. The topological polar surface area (TPSA) is 116 Å². The molecular weight excluding hydrogens is 474 g/mol. The van der Waals surface area contributed by atoms with Gasteiger partial charge in [0, 0.05) is 65.0 Å². The lowest BCUT2D eigenvalue weighted by molar-refractivity contribution is -0.00769. The second-order valence-corrected chi connectivity index (χ2v) is 9.67. The summed E-state index contributed by atoms with van der Waals surface area (Å²) in [6.07, 6.45) is 1.39. The van der Waals surface area contributed by atoms with E-state index >= 15 is 0 Å². The van der Waals surface area contributed by atoms with Crippen LogP contribution in [-0.4, -0.2) is 93.0 Å². The molecule has 0 spiro atoms. The Morgan fingerprint density at radius 3 is 2.39 bits per heavy atom. The molecule has 2 N–H and O–H groups in total. The number of aliphatic hydroxyl groups is 1. The Balaban J connectivity index is 1.19. The van der Waals surface area contributed by atoms with E-state index < -0.39 is 17.2 Å². The lowest BCUT2D eigenvalue weighted by atomic mass is 9.94. The number of halogens is 2. The van der Waals surface area contributed by atoms with Gasteiger partial charge < -0.3 is 19.6 Å². The molecule has 36 heavy (non-hydrogen) atoms. The summed E-state index contributed by atoms with van der Waals surface area (Å²) in [5.74, 6) is -0.835. The number of aromatic nitrogens is 5. The van der Waals surface area contributed by atoms with Crippen LogP contribution in [0.3, 0.4) is 0 Å². The van der Waals surface area contributed by atoms with E-state index in [2.05, 4.69) is 25.2 Å². The molecule has 2 aromatic heterocycles. The maximum absolute atomic E-state index is 14.9. The highest BCUT2D eigenvalue weighted by molar-refractivity contribution is 5.69. The average Bonchev–Trinajstić information content (AvgIpc) is 3.21. The highest BCUT2D eigenvalue weighted by Gasteiger charge is 2.28. The minimum Gasteiger partial charge on any atom is -0.492 e. The van der Waals surface area contributed by atoms with Gasteiger partial charge in [-0.15, -0.1) is 5.10 Å².